The van der Waals surface area contributed by atoms with Crippen LogP contribution in [-0.2, 0) is 16.4 Å². The molecule has 3 N–H and O–H groups in total. The number of benzene rings is 4. The summed E-state index contributed by atoms with van der Waals surface area (Å²) in [5, 5.41) is 25.8. The largest absolute Gasteiger partial charge is 0.478 e. The molecule has 39 heavy (non-hydrogen) atoms. The number of sulfonamides is 1. The third kappa shape index (κ3) is 6.91. The van der Waals surface area contributed by atoms with E-state index in [2.05, 4.69) is 49.5 Å². The highest BCUT2D eigenvalue weighted by Crippen LogP contribution is 2.30. The van der Waals surface area contributed by atoms with E-state index in [0.29, 0.717) is 11.1 Å². The van der Waals surface area contributed by atoms with Crippen LogP contribution >= 0.6 is 0 Å². The highest BCUT2D eigenvalue weighted by Gasteiger charge is 2.27. The zero-order valence-corrected chi connectivity index (χ0v) is 23.2. The number of fused-ring (bicyclic) bond motifs is 1. The zero-order valence-electron chi connectivity index (χ0n) is 22.3. The number of hydrogen-bond donors (Lipinski definition) is 3. The van der Waals surface area contributed by atoms with E-state index < -0.39 is 22.1 Å². The minimum atomic E-state index is -3.97. The Kier molecular flexibility index (Phi) is 8.51. The first-order valence-electron chi connectivity index (χ1n) is 12.8. The Morgan fingerprint density at radius 1 is 0.923 bits per heavy atom. The number of aliphatic hydroxyl groups is 1. The van der Waals surface area contributed by atoms with Crippen molar-refractivity contribution in [2.45, 2.75) is 36.8 Å². The Labute approximate surface area is 229 Å². The van der Waals surface area contributed by atoms with Gasteiger partial charge >= 0.3 is 5.97 Å². The van der Waals surface area contributed by atoms with Gasteiger partial charge in [0.1, 0.15) is 0 Å². The molecule has 1 atom stereocenters. The topological polar surface area (TPSA) is 107 Å². The molecule has 0 radical (unpaired) electrons. The molecule has 0 aromatic heterocycles. The Hall–Kier alpha value is -3.56. The smallest absolute Gasteiger partial charge is 0.335 e. The number of aromatic carboxylic acids is 1. The van der Waals surface area contributed by atoms with Crippen molar-refractivity contribution in [2.24, 2.45) is 0 Å². The number of β-amino-alcohol motifs (C(OH)–C–C–N with tert-alkyl or cyclic N) is 1. The molecular formula is C31H34N2O5S. The molecule has 0 amide bonds. The molecule has 0 aliphatic carbocycles. The molecule has 0 bridgehead atoms. The van der Waals surface area contributed by atoms with E-state index in [1.165, 1.54) is 41.6 Å². The Bertz CT molecular complexity index is 1580. The lowest BCUT2D eigenvalue weighted by atomic mass is 9.93. The standard InChI is InChI=1S/C31H34N2O5S/c1-31(2,19-22-15-16-23-9-4-5-10-24(23)17-22)32-20-27(34)21-33(3)39(37,38)29-14-7-6-13-28(29)25-11-8-12-26(18-25)30(35)36/h4-18,27,32,34H,19-21H2,1-3H3,(H,35,36)/t27-/m1/s1. The van der Waals surface area contributed by atoms with Gasteiger partial charge in [0.15, 0.2) is 0 Å². The van der Waals surface area contributed by atoms with Crippen LogP contribution in [0.15, 0.2) is 95.9 Å². The first-order chi connectivity index (χ1) is 18.5. The highest BCUT2D eigenvalue weighted by atomic mass is 32.2. The van der Waals surface area contributed by atoms with Crippen molar-refractivity contribution in [3.63, 3.8) is 0 Å². The molecule has 7 nitrogen and oxygen atoms in total. The van der Waals surface area contributed by atoms with Crippen LogP contribution in [0.3, 0.4) is 0 Å². The number of aliphatic hydroxyl groups excluding tert-OH is 1. The molecule has 204 valence electrons. The fraction of sp³-hybridized carbons (Fsp3) is 0.258. The number of carboxylic acids is 1. The molecular weight excluding hydrogens is 512 g/mol. The van der Waals surface area contributed by atoms with Gasteiger partial charge in [0.05, 0.1) is 16.6 Å². The quantitative estimate of drug-likeness (QED) is 0.250. The molecule has 0 spiro atoms. The van der Waals surface area contributed by atoms with Crippen molar-refractivity contribution < 1.29 is 23.4 Å². The van der Waals surface area contributed by atoms with Crippen molar-refractivity contribution in [3.8, 4) is 11.1 Å². The van der Waals surface area contributed by atoms with Gasteiger partial charge in [0.2, 0.25) is 10.0 Å². The Morgan fingerprint density at radius 3 is 2.36 bits per heavy atom. The van der Waals surface area contributed by atoms with Crippen LogP contribution < -0.4 is 5.32 Å². The summed E-state index contributed by atoms with van der Waals surface area (Å²) in [6.07, 6.45) is -0.204. The van der Waals surface area contributed by atoms with E-state index in [-0.39, 0.29) is 29.1 Å². The maximum atomic E-state index is 13.5. The molecule has 0 unspecified atom stereocenters. The number of likely N-dealkylation sites (N-methyl/N-ethyl adjacent to an activating group) is 1. The summed E-state index contributed by atoms with van der Waals surface area (Å²) >= 11 is 0. The van der Waals surface area contributed by atoms with Crippen molar-refractivity contribution in [1.82, 2.24) is 9.62 Å². The predicted octanol–water partition coefficient (Wildman–Crippen LogP) is 4.80. The summed E-state index contributed by atoms with van der Waals surface area (Å²) in [6.45, 7) is 4.21. The molecule has 4 rings (SSSR count). The second-order valence-electron chi connectivity index (χ2n) is 10.4. The fourth-order valence-corrected chi connectivity index (χ4v) is 6.11. The summed E-state index contributed by atoms with van der Waals surface area (Å²) < 4.78 is 28.2. The lowest BCUT2D eigenvalue weighted by molar-refractivity contribution is 0.0697. The summed E-state index contributed by atoms with van der Waals surface area (Å²) in [4.78, 5) is 11.5. The average molecular weight is 547 g/mol. The SMILES string of the molecule is CN(C[C@H](O)CNC(C)(C)Cc1ccc2ccccc2c1)S(=O)(=O)c1ccccc1-c1cccc(C(=O)O)c1. The summed E-state index contributed by atoms with van der Waals surface area (Å²) in [5.41, 5.74) is 1.80. The second-order valence-corrected chi connectivity index (χ2v) is 12.5. The maximum absolute atomic E-state index is 13.5. The molecule has 0 aliphatic heterocycles. The molecule has 0 saturated heterocycles. The number of carbonyl (C=O) groups is 1. The summed E-state index contributed by atoms with van der Waals surface area (Å²) in [7, 11) is -2.54. The van der Waals surface area contributed by atoms with Gasteiger partial charge in [-0.1, -0.05) is 72.8 Å². The molecule has 0 saturated carbocycles. The normalized spacial score (nSPS) is 13.1. The van der Waals surface area contributed by atoms with Gasteiger partial charge in [-0.15, -0.1) is 0 Å². The van der Waals surface area contributed by atoms with E-state index >= 15 is 0 Å². The molecule has 0 fully saturated rings. The van der Waals surface area contributed by atoms with Gasteiger partial charge in [-0.05, 0) is 60.4 Å². The van der Waals surface area contributed by atoms with Gasteiger partial charge in [-0.3, -0.25) is 0 Å². The molecule has 0 aliphatic rings. The van der Waals surface area contributed by atoms with Gasteiger partial charge in [0.25, 0.3) is 0 Å². The van der Waals surface area contributed by atoms with Crippen molar-refractivity contribution >= 4 is 26.8 Å². The number of nitrogens with one attached hydrogen (secondary N) is 1. The van der Waals surface area contributed by atoms with Crippen LogP contribution in [0, 0.1) is 0 Å². The number of nitrogens with zero attached hydrogens (tertiary/aromatic N) is 1. The van der Waals surface area contributed by atoms with E-state index in [0.717, 1.165) is 10.7 Å². The summed E-state index contributed by atoms with van der Waals surface area (Å²) in [5.74, 6) is -1.09. The van der Waals surface area contributed by atoms with E-state index in [4.69, 9.17) is 0 Å². The van der Waals surface area contributed by atoms with Gasteiger partial charge in [-0.2, -0.15) is 4.31 Å². The lowest BCUT2D eigenvalue weighted by Gasteiger charge is -2.29. The van der Waals surface area contributed by atoms with Crippen LogP contribution in [0.4, 0.5) is 0 Å². The predicted molar refractivity (Wildman–Crippen MR) is 154 cm³/mol. The highest BCUT2D eigenvalue weighted by molar-refractivity contribution is 7.89. The van der Waals surface area contributed by atoms with Crippen LogP contribution in [-0.4, -0.2) is 60.7 Å². The number of rotatable bonds is 11. The molecule has 4 aromatic carbocycles. The average Bonchev–Trinajstić information content (AvgIpc) is 2.91. The third-order valence-electron chi connectivity index (χ3n) is 6.74. The van der Waals surface area contributed by atoms with Crippen LogP contribution in [0.5, 0.6) is 0 Å². The lowest BCUT2D eigenvalue weighted by Crippen LogP contribution is -2.47. The third-order valence-corrected chi connectivity index (χ3v) is 8.62. The van der Waals surface area contributed by atoms with Crippen LogP contribution in [0.1, 0.15) is 29.8 Å². The minimum absolute atomic E-state index is 0.0480. The molecule has 0 heterocycles. The summed E-state index contributed by atoms with van der Waals surface area (Å²) in [6, 6.07) is 27.2. The first-order valence-corrected chi connectivity index (χ1v) is 14.2. The van der Waals surface area contributed by atoms with E-state index in [1.807, 2.05) is 12.1 Å². The number of hydrogen-bond acceptors (Lipinski definition) is 5. The van der Waals surface area contributed by atoms with Crippen molar-refractivity contribution in [3.05, 3.63) is 102 Å². The Balaban J connectivity index is 1.42. The van der Waals surface area contributed by atoms with Crippen LogP contribution in [0.2, 0.25) is 0 Å². The van der Waals surface area contributed by atoms with E-state index in [1.54, 1.807) is 30.3 Å². The monoisotopic (exact) mass is 546 g/mol. The minimum Gasteiger partial charge on any atom is -0.478 e. The van der Waals surface area contributed by atoms with Crippen molar-refractivity contribution in [1.29, 1.82) is 0 Å². The van der Waals surface area contributed by atoms with Gasteiger partial charge < -0.3 is 15.5 Å². The van der Waals surface area contributed by atoms with Gasteiger partial charge in [0, 0.05) is 31.2 Å². The molecule has 8 heteroatoms. The molecule has 4 aromatic rings. The number of carboxylic acid groups (broad SMARTS) is 1. The van der Waals surface area contributed by atoms with Crippen molar-refractivity contribution in [2.75, 3.05) is 20.1 Å². The fourth-order valence-electron chi connectivity index (χ4n) is 4.69. The second kappa shape index (κ2) is 11.7. The zero-order chi connectivity index (χ0) is 28.2. The van der Waals surface area contributed by atoms with Crippen LogP contribution in [0.25, 0.3) is 21.9 Å². The van der Waals surface area contributed by atoms with E-state index in [9.17, 15) is 23.4 Å². The van der Waals surface area contributed by atoms with Gasteiger partial charge in [-0.25, -0.2) is 13.2 Å². The Morgan fingerprint density at radius 2 is 1.62 bits per heavy atom. The maximum Gasteiger partial charge on any atom is 0.335 e. The first kappa shape index (κ1) is 28.4.